The van der Waals surface area contributed by atoms with Gasteiger partial charge in [-0.1, -0.05) is 24.3 Å². The lowest BCUT2D eigenvalue weighted by Gasteiger charge is -2.36. The minimum atomic E-state index is -0.362. The number of carbonyl (C=O) groups excluding carboxylic acids is 2. The molecule has 1 fully saturated rings. The summed E-state index contributed by atoms with van der Waals surface area (Å²) in [6, 6.07) is 14.6. The Bertz CT molecular complexity index is 831. The van der Waals surface area contributed by atoms with Gasteiger partial charge >= 0.3 is 5.97 Å². The van der Waals surface area contributed by atoms with Crippen molar-refractivity contribution in [1.29, 1.82) is 0 Å². The number of ether oxygens (including phenoxy) is 3. The van der Waals surface area contributed by atoms with Gasteiger partial charge in [-0.15, -0.1) is 0 Å². The number of hydrogen-bond acceptors (Lipinski definition) is 6. The molecule has 3 rings (SSSR count). The first-order valence-electron chi connectivity index (χ1n) is 9.10. The van der Waals surface area contributed by atoms with Crippen molar-refractivity contribution >= 4 is 17.6 Å². The van der Waals surface area contributed by atoms with E-state index in [1.54, 1.807) is 30.2 Å². The molecule has 0 unspecified atom stereocenters. The molecule has 7 nitrogen and oxygen atoms in total. The Balaban J connectivity index is 1.57. The fourth-order valence-corrected chi connectivity index (χ4v) is 3.20. The third kappa shape index (κ3) is 4.36. The quantitative estimate of drug-likeness (QED) is 0.712. The molecule has 1 saturated heterocycles. The van der Waals surface area contributed by atoms with Crippen LogP contribution in [0.4, 0.5) is 5.69 Å². The van der Waals surface area contributed by atoms with Gasteiger partial charge < -0.3 is 24.0 Å². The summed E-state index contributed by atoms with van der Waals surface area (Å²) in [4.78, 5) is 28.3. The van der Waals surface area contributed by atoms with Gasteiger partial charge in [0.1, 0.15) is 0 Å². The zero-order valence-corrected chi connectivity index (χ0v) is 16.1. The van der Waals surface area contributed by atoms with Crippen LogP contribution in [0.1, 0.15) is 10.4 Å². The van der Waals surface area contributed by atoms with Gasteiger partial charge in [0.25, 0.3) is 5.91 Å². The van der Waals surface area contributed by atoms with E-state index < -0.39 is 0 Å². The molecule has 28 heavy (non-hydrogen) atoms. The minimum absolute atomic E-state index is 0.0425. The predicted molar refractivity (Wildman–Crippen MR) is 105 cm³/mol. The second-order valence-electron chi connectivity index (χ2n) is 6.32. The van der Waals surface area contributed by atoms with Crippen LogP contribution in [0.3, 0.4) is 0 Å². The third-order valence-corrected chi connectivity index (χ3v) is 4.70. The van der Waals surface area contributed by atoms with Gasteiger partial charge in [0.15, 0.2) is 18.1 Å². The maximum Gasteiger partial charge on any atom is 0.339 e. The monoisotopic (exact) mass is 384 g/mol. The molecule has 0 aliphatic carbocycles. The third-order valence-electron chi connectivity index (χ3n) is 4.70. The number of nitrogens with zero attached hydrogens (tertiary/aromatic N) is 2. The lowest BCUT2D eigenvalue weighted by atomic mass is 10.1. The van der Waals surface area contributed by atoms with E-state index in [2.05, 4.69) is 4.90 Å². The highest BCUT2D eigenvalue weighted by atomic mass is 16.5. The number of esters is 1. The molecule has 0 aromatic heterocycles. The second kappa shape index (κ2) is 9.12. The standard InChI is InChI=1S/C21H24N2O5/c1-26-18-9-5-6-10-19(18)28-15-20(24)23-13-11-22(12-14-23)17-8-4-3-7-16(17)21(25)27-2/h3-10H,11-15H2,1-2H3. The first kappa shape index (κ1) is 19.5. The Kier molecular flexibility index (Phi) is 6.37. The molecule has 0 atom stereocenters. The van der Waals surface area contributed by atoms with Gasteiger partial charge in [0.2, 0.25) is 0 Å². The number of carbonyl (C=O) groups is 2. The van der Waals surface area contributed by atoms with Gasteiger partial charge in [0.05, 0.1) is 25.5 Å². The number of piperazine rings is 1. The summed E-state index contributed by atoms with van der Waals surface area (Å²) in [6.07, 6.45) is 0. The van der Waals surface area contributed by atoms with Crippen molar-refractivity contribution < 1.29 is 23.8 Å². The normalized spacial score (nSPS) is 13.8. The summed E-state index contributed by atoms with van der Waals surface area (Å²) in [6.45, 7) is 2.34. The van der Waals surface area contributed by atoms with E-state index in [1.807, 2.05) is 30.3 Å². The summed E-state index contributed by atoms with van der Waals surface area (Å²) in [5.41, 5.74) is 1.36. The van der Waals surface area contributed by atoms with Crippen LogP contribution in [0.25, 0.3) is 0 Å². The van der Waals surface area contributed by atoms with E-state index in [0.29, 0.717) is 43.2 Å². The fraction of sp³-hybridized carbons (Fsp3) is 0.333. The molecule has 0 N–H and O–H groups in total. The molecule has 0 bridgehead atoms. The molecule has 1 aliphatic heterocycles. The van der Waals surface area contributed by atoms with Crippen molar-refractivity contribution in [3.63, 3.8) is 0 Å². The molecule has 7 heteroatoms. The van der Waals surface area contributed by atoms with E-state index in [0.717, 1.165) is 5.69 Å². The van der Waals surface area contributed by atoms with E-state index in [1.165, 1.54) is 7.11 Å². The van der Waals surface area contributed by atoms with Crippen LogP contribution in [0, 0.1) is 0 Å². The lowest BCUT2D eigenvalue weighted by Crippen LogP contribution is -2.50. The van der Waals surface area contributed by atoms with Crippen molar-refractivity contribution in [3.8, 4) is 11.5 Å². The summed E-state index contributed by atoms with van der Waals surface area (Å²) in [7, 11) is 2.94. The molecule has 0 saturated carbocycles. The molecular weight excluding hydrogens is 360 g/mol. The van der Waals surface area contributed by atoms with Crippen molar-refractivity contribution in [1.82, 2.24) is 4.90 Å². The SMILES string of the molecule is COC(=O)c1ccccc1N1CCN(C(=O)COc2ccccc2OC)CC1. The van der Waals surface area contributed by atoms with Crippen LogP contribution in [-0.4, -0.2) is 63.8 Å². The minimum Gasteiger partial charge on any atom is -0.493 e. The topological polar surface area (TPSA) is 68.3 Å². The van der Waals surface area contributed by atoms with Gasteiger partial charge in [-0.2, -0.15) is 0 Å². The summed E-state index contributed by atoms with van der Waals surface area (Å²) >= 11 is 0. The highest BCUT2D eigenvalue weighted by Gasteiger charge is 2.24. The van der Waals surface area contributed by atoms with Crippen molar-refractivity contribution in [2.45, 2.75) is 0 Å². The first-order valence-corrected chi connectivity index (χ1v) is 9.10. The average molecular weight is 384 g/mol. The largest absolute Gasteiger partial charge is 0.493 e. The molecule has 1 amide bonds. The second-order valence-corrected chi connectivity index (χ2v) is 6.32. The Morgan fingerprint density at radius 1 is 0.893 bits per heavy atom. The van der Waals surface area contributed by atoms with Crippen molar-refractivity contribution in [3.05, 3.63) is 54.1 Å². The van der Waals surface area contributed by atoms with Gasteiger partial charge in [-0.05, 0) is 24.3 Å². The van der Waals surface area contributed by atoms with Crippen LogP contribution in [0.5, 0.6) is 11.5 Å². The van der Waals surface area contributed by atoms with E-state index >= 15 is 0 Å². The molecule has 2 aromatic rings. The van der Waals surface area contributed by atoms with E-state index in [9.17, 15) is 9.59 Å². The van der Waals surface area contributed by atoms with Crippen LogP contribution >= 0.6 is 0 Å². The van der Waals surface area contributed by atoms with Gasteiger partial charge in [-0.25, -0.2) is 4.79 Å². The van der Waals surface area contributed by atoms with Gasteiger partial charge in [0, 0.05) is 26.2 Å². The number of benzene rings is 2. The number of hydrogen-bond donors (Lipinski definition) is 0. The van der Waals surface area contributed by atoms with Crippen LogP contribution in [0.15, 0.2) is 48.5 Å². The fourth-order valence-electron chi connectivity index (χ4n) is 3.20. The highest BCUT2D eigenvalue weighted by Crippen LogP contribution is 2.26. The van der Waals surface area contributed by atoms with Crippen molar-refractivity contribution in [2.24, 2.45) is 0 Å². The van der Waals surface area contributed by atoms with E-state index in [-0.39, 0.29) is 18.5 Å². The van der Waals surface area contributed by atoms with Crippen molar-refractivity contribution in [2.75, 3.05) is 51.9 Å². The molecular formula is C21H24N2O5. The summed E-state index contributed by atoms with van der Waals surface area (Å²) in [5, 5.41) is 0. The van der Waals surface area contributed by atoms with Crippen LogP contribution < -0.4 is 14.4 Å². The van der Waals surface area contributed by atoms with Gasteiger partial charge in [-0.3, -0.25) is 4.79 Å². The molecule has 1 heterocycles. The number of amides is 1. The Morgan fingerprint density at radius 3 is 2.21 bits per heavy atom. The smallest absolute Gasteiger partial charge is 0.339 e. The molecule has 148 valence electrons. The Labute approximate surface area is 164 Å². The Hall–Kier alpha value is -3.22. The highest BCUT2D eigenvalue weighted by molar-refractivity contribution is 5.95. The number of anilines is 1. The number of rotatable bonds is 6. The summed E-state index contributed by atoms with van der Waals surface area (Å²) < 4.78 is 15.7. The Morgan fingerprint density at radius 2 is 1.54 bits per heavy atom. The summed E-state index contributed by atoms with van der Waals surface area (Å²) in [5.74, 6) is 0.703. The molecule has 0 radical (unpaired) electrons. The maximum atomic E-state index is 12.5. The number of para-hydroxylation sites is 3. The average Bonchev–Trinajstić information content (AvgIpc) is 2.77. The zero-order valence-electron chi connectivity index (χ0n) is 16.1. The van der Waals surface area contributed by atoms with E-state index in [4.69, 9.17) is 14.2 Å². The maximum absolute atomic E-state index is 12.5. The first-order chi connectivity index (χ1) is 13.6. The molecule has 1 aliphatic rings. The predicted octanol–water partition coefficient (Wildman–Crippen LogP) is 2.21. The molecule has 2 aromatic carbocycles. The van der Waals surface area contributed by atoms with Crippen LogP contribution in [-0.2, 0) is 9.53 Å². The zero-order chi connectivity index (χ0) is 19.9. The van der Waals surface area contributed by atoms with Crippen LogP contribution in [0.2, 0.25) is 0 Å². The molecule has 0 spiro atoms. The number of methoxy groups -OCH3 is 2. The lowest BCUT2D eigenvalue weighted by molar-refractivity contribution is -0.133.